The Morgan fingerprint density at radius 1 is 1.41 bits per heavy atom. The summed E-state index contributed by atoms with van der Waals surface area (Å²) in [6.45, 7) is 6.05. The molecule has 1 aromatic rings. The predicted octanol–water partition coefficient (Wildman–Crippen LogP) is 1.17. The molecule has 0 radical (unpaired) electrons. The van der Waals surface area contributed by atoms with Crippen LogP contribution in [0.2, 0.25) is 0 Å². The van der Waals surface area contributed by atoms with E-state index in [0.29, 0.717) is 25.4 Å². The van der Waals surface area contributed by atoms with Crippen molar-refractivity contribution in [2.24, 2.45) is 11.8 Å². The molecule has 0 unspecified atom stereocenters. The molecular formula is C20H30FN3O5. The van der Waals surface area contributed by atoms with Gasteiger partial charge in [0.25, 0.3) is 5.91 Å². The molecule has 1 fully saturated rings. The number of aliphatic hydroxyl groups excluding tert-OH is 1. The highest BCUT2D eigenvalue weighted by Crippen LogP contribution is 2.34. The number of aliphatic hydroxyl groups is 1. The van der Waals surface area contributed by atoms with Crippen molar-refractivity contribution in [1.29, 1.82) is 0 Å². The number of hydrogen-bond donors (Lipinski definition) is 4. The lowest BCUT2D eigenvalue weighted by molar-refractivity contribution is -0.155. The number of nitrogens with zero attached hydrogens (tertiary/aromatic N) is 1. The van der Waals surface area contributed by atoms with Crippen LogP contribution in [0, 0.1) is 11.8 Å². The Kier molecular flexibility index (Phi) is 7.95. The van der Waals surface area contributed by atoms with Gasteiger partial charge in [0.15, 0.2) is 0 Å². The average molecular weight is 411 g/mol. The van der Waals surface area contributed by atoms with Gasteiger partial charge >= 0.3 is 0 Å². The number of nitrogens with one attached hydrogen (secondary N) is 2. The molecule has 0 saturated carbocycles. The second-order valence-corrected chi connectivity index (χ2v) is 7.88. The number of amides is 2. The summed E-state index contributed by atoms with van der Waals surface area (Å²) in [7, 11) is 0. The van der Waals surface area contributed by atoms with Crippen LogP contribution in [0.15, 0.2) is 24.3 Å². The van der Waals surface area contributed by atoms with Crippen LogP contribution in [0.25, 0.3) is 0 Å². The first-order valence-corrected chi connectivity index (χ1v) is 9.68. The molecule has 29 heavy (non-hydrogen) atoms. The van der Waals surface area contributed by atoms with Gasteiger partial charge in [0.2, 0.25) is 12.8 Å². The molecule has 162 valence electrons. The van der Waals surface area contributed by atoms with Crippen LogP contribution in [0.1, 0.15) is 32.8 Å². The zero-order chi connectivity index (χ0) is 21.6. The first kappa shape index (κ1) is 23.1. The van der Waals surface area contributed by atoms with E-state index >= 15 is 0 Å². The van der Waals surface area contributed by atoms with E-state index in [-0.39, 0.29) is 18.2 Å². The molecule has 1 aromatic carbocycles. The molecule has 0 spiro atoms. The van der Waals surface area contributed by atoms with Crippen molar-refractivity contribution >= 4 is 11.8 Å². The first-order valence-electron chi connectivity index (χ1n) is 9.68. The summed E-state index contributed by atoms with van der Waals surface area (Å²) >= 11 is 0. The third-order valence-corrected chi connectivity index (χ3v) is 5.32. The molecule has 9 heteroatoms. The van der Waals surface area contributed by atoms with Gasteiger partial charge in [-0.2, -0.15) is 0 Å². The zero-order valence-electron chi connectivity index (χ0n) is 17.0. The monoisotopic (exact) mass is 411 g/mol. The Bertz CT molecular complexity index is 717. The number of piperazine rings is 1. The number of ether oxygens (including phenoxy) is 1. The van der Waals surface area contributed by atoms with E-state index in [1.807, 2.05) is 26.8 Å². The highest BCUT2D eigenvalue weighted by molar-refractivity contribution is 5.89. The Morgan fingerprint density at radius 3 is 2.76 bits per heavy atom. The molecule has 0 bridgehead atoms. The largest absolute Gasteiger partial charge is 0.463 e. The van der Waals surface area contributed by atoms with Crippen molar-refractivity contribution in [3.05, 3.63) is 29.8 Å². The van der Waals surface area contributed by atoms with E-state index in [4.69, 9.17) is 9.94 Å². The Balaban J connectivity index is 2.40. The highest BCUT2D eigenvalue weighted by atomic mass is 19.1. The van der Waals surface area contributed by atoms with Gasteiger partial charge in [-0.3, -0.25) is 14.8 Å². The lowest BCUT2D eigenvalue weighted by Gasteiger charge is -2.47. The number of carbonyl (C=O) groups excluding carboxylic acids is 2. The van der Waals surface area contributed by atoms with Gasteiger partial charge in [-0.15, -0.1) is 0 Å². The molecule has 2 amide bonds. The number of halogens is 1. The number of rotatable bonds is 8. The summed E-state index contributed by atoms with van der Waals surface area (Å²) < 4.78 is 17.5. The molecule has 0 aliphatic carbocycles. The summed E-state index contributed by atoms with van der Waals surface area (Å²) in [5, 5.41) is 22.6. The first-order chi connectivity index (χ1) is 13.7. The molecule has 1 heterocycles. The fourth-order valence-corrected chi connectivity index (χ4v) is 3.78. The van der Waals surface area contributed by atoms with Crippen LogP contribution in [-0.4, -0.2) is 59.6 Å². The number of carbonyl (C=O) groups is 2. The van der Waals surface area contributed by atoms with Crippen LogP contribution in [0.4, 0.5) is 4.39 Å². The lowest BCUT2D eigenvalue weighted by Crippen LogP contribution is -2.62. The summed E-state index contributed by atoms with van der Waals surface area (Å²) in [6, 6.07) is 6.86. The molecule has 8 nitrogen and oxygen atoms in total. The maximum absolute atomic E-state index is 13.5. The van der Waals surface area contributed by atoms with Gasteiger partial charge in [0.05, 0.1) is 11.5 Å². The molecule has 3 atom stereocenters. The number of hydrogen-bond acceptors (Lipinski definition) is 6. The quantitative estimate of drug-likeness (QED) is 0.378. The zero-order valence-corrected chi connectivity index (χ0v) is 17.0. The van der Waals surface area contributed by atoms with Crippen molar-refractivity contribution in [2.75, 3.05) is 26.5 Å². The van der Waals surface area contributed by atoms with E-state index in [0.717, 1.165) is 5.56 Å². The molecule has 4 N–H and O–H groups in total. The maximum atomic E-state index is 13.5. The summed E-state index contributed by atoms with van der Waals surface area (Å²) in [5.74, 6) is -2.01. The topological polar surface area (TPSA) is 111 Å². The Morgan fingerprint density at radius 2 is 2.14 bits per heavy atom. The molecular weight excluding hydrogens is 381 g/mol. The van der Waals surface area contributed by atoms with Crippen molar-refractivity contribution in [3.63, 3.8) is 0 Å². The standard InChI is InChI=1S/C20H30FN3O5/c1-13(2)9-16(17(25)18(26)23-28)19(27)24-8-7-22-11-20(24,3)14-5-4-6-15(10-14)29-12-21/h4-6,10,13,16-17,22,25,28H,7-9,11-12H2,1-3H3,(H,23,26)/t16-,17-,20-/m0/s1. The van der Waals surface area contributed by atoms with E-state index in [9.17, 15) is 19.1 Å². The minimum absolute atomic E-state index is 0.0422. The van der Waals surface area contributed by atoms with Crippen LogP contribution < -0.4 is 15.5 Å². The minimum atomic E-state index is -1.67. The van der Waals surface area contributed by atoms with Gasteiger partial charge in [0.1, 0.15) is 11.9 Å². The van der Waals surface area contributed by atoms with E-state index in [1.165, 1.54) is 5.48 Å². The third-order valence-electron chi connectivity index (χ3n) is 5.32. The number of benzene rings is 1. The summed E-state index contributed by atoms with van der Waals surface area (Å²) in [5.41, 5.74) is 1.37. The van der Waals surface area contributed by atoms with Crippen LogP contribution in [-0.2, 0) is 15.1 Å². The van der Waals surface area contributed by atoms with Crippen molar-refractivity contribution < 1.29 is 29.0 Å². The van der Waals surface area contributed by atoms with Crippen molar-refractivity contribution in [2.45, 2.75) is 38.8 Å². The minimum Gasteiger partial charge on any atom is -0.463 e. The van der Waals surface area contributed by atoms with E-state index < -0.39 is 30.3 Å². The van der Waals surface area contributed by atoms with Gasteiger partial charge in [0, 0.05) is 19.6 Å². The maximum Gasteiger partial charge on any atom is 0.272 e. The van der Waals surface area contributed by atoms with E-state index in [1.54, 1.807) is 23.1 Å². The highest BCUT2D eigenvalue weighted by Gasteiger charge is 2.44. The van der Waals surface area contributed by atoms with Gasteiger partial charge in [-0.25, -0.2) is 9.87 Å². The van der Waals surface area contributed by atoms with Crippen LogP contribution >= 0.6 is 0 Å². The second kappa shape index (κ2) is 10.00. The van der Waals surface area contributed by atoms with Crippen LogP contribution in [0.5, 0.6) is 5.75 Å². The average Bonchev–Trinajstić information content (AvgIpc) is 2.71. The van der Waals surface area contributed by atoms with Crippen LogP contribution in [0.3, 0.4) is 0 Å². The van der Waals surface area contributed by atoms with Gasteiger partial charge < -0.3 is 20.1 Å². The molecule has 0 aromatic heterocycles. The molecule has 1 aliphatic heterocycles. The lowest BCUT2D eigenvalue weighted by atomic mass is 9.84. The summed E-state index contributed by atoms with van der Waals surface area (Å²) in [6.07, 6.45) is -1.39. The molecule has 1 aliphatic rings. The fourth-order valence-electron chi connectivity index (χ4n) is 3.78. The van der Waals surface area contributed by atoms with Gasteiger partial charge in [-0.1, -0.05) is 26.0 Å². The third kappa shape index (κ3) is 5.23. The Hall–Kier alpha value is -2.23. The SMILES string of the molecule is CC(C)C[C@H](C(=O)N1CCNC[C@@]1(C)c1cccc(OCF)c1)[C@H](O)C(=O)NO. The molecule has 2 rings (SSSR count). The van der Waals surface area contributed by atoms with Gasteiger partial charge in [-0.05, 0) is 37.0 Å². The number of hydroxylamine groups is 1. The Labute approximate surface area is 170 Å². The smallest absolute Gasteiger partial charge is 0.272 e. The van der Waals surface area contributed by atoms with Crippen molar-refractivity contribution in [3.8, 4) is 5.75 Å². The normalized spacial score (nSPS) is 21.6. The van der Waals surface area contributed by atoms with E-state index in [2.05, 4.69) is 5.32 Å². The second-order valence-electron chi connectivity index (χ2n) is 7.88. The predicted molar refractivity (Wildman–Crippen MR) is 104 cm³/mol. The van der Waals surface area contributed by atoms with Crippen molar-refractivity contribution in [1.82, 2.24) is 15.7 Å². The fraction of sp³-hybridized carbons (Fsp3) is 0.600. The molecule has 1 saturated heterocycles. The summed E-state index contributed by atoms with van der Waals surface area (Å²) in [4.78, 5) is 26.9. The number of alkyl halides is 1.